The summed E-state index contributed by atoms with van der Waals surface area (Å²) in [5, 5.41) is 0. The molecular weight excluding hydrogens is 336 g/mol. The van der Waals surface area contributed by atoms with Crippen LogP contribution >= 0.6 is 0 Å². The van der Waals surface area contributed by atoms with Crippen molar-refractivity contribution >= 4 is 11.2 Å². The van der Waals surface area contributed by atoms with Gasteiger partial charge in [-0.15, -0.1) is 0 Å². The molecule has 27 heavy (non-hydrogen) atoms. The van der Waals surface area contributed by atoms with Gasteiger partial charge >= 0.3 is 0 Å². The number of fused-ring (bicyclic) bond motifs is 1. The van der Waals surface area contributed by atoms with E-state index in [1.54, 1.807) is 10.8 Å². The second-order valence-corrected chi connectivity index (χ2v) is 6.85. The molecule has 0 atom stereocenters. The molecule has 0 N–H and O–H groups in total. The minimum Gasteiger partial charge on any atom is -0.300 e. The van der Waals surface area contributed by atoms with Crippen molar-refractivity contribution in [2.45, 2.75) is 26.3 Å². The molecule has 0 amide bonds. The van der Waals surface area contributed by atoms with Crippen LogP contribution in [0.5, 0.6) is 0 Å². The minimum atomic E-state index is -0.132. The van der Waals surface area contributed by atoms with E-state index in [9.17, 15) is 4.79 Å². The standard InChI is InChI=1S/C22H20N4O/c1-15(2)19-12-18(8-10-23-19)17-6-3-5-16(11-17)14-26-20-7-4-9-24-22(20)25-13-21(26)27/h3-13,15H,14H2,1-2H3. The van der Waals surface area contributed by atoms with Crippen molar-refractivity contribution in [1.82, 2.24) is 19.5 Å². The molecule has 5 nitrogen and oxygen atoms in total. The zero-order chi connectivity index (χ0) is 18.8. The van der Waals surface area contributed by atoms with E-state index in [-0.39, 0.29) is 5.56 Å². The lowest BCUT2D eigenvalue weighted by molar-refractivity contribution is 0.784. The van der Waals surface area contributed by atoms with Crippen LogP contribution < -0.4 is 5.56 Å². The molecular formula is C22H20N4O. The van der Waals surface area contributed by atoms with Gasteiger partial charge in [-0.3, -0.25) is 14.3 Å². The third-order valence-corrected chi connectivity index (χ3v) is 4.59. The molecule has 0 saturated heterocycles. The highest BCUT2D eigenvalue weighted by atomic mass is 16.1. The fraction of sp³-hybridized carbons (Fsp3) is 0.182. The molecule has 5 heteroatoms. The summed E-state index contributed by atoms with van der Waals surface area (Å²) in [5.41, 5.74) is 5.54. The Balaban J connectivity index is 1.73. The Morgan fingerprint density at radius 1 is 0.926 bits per heavy atom. The molecule has 0 aliphatic heterocycles. The van der Waals surface area contributed by atoms with E-state index in [0.717, 1.165) is 27.9 Å². The maximum atomic E-state index is 12.4. The van der Waals surface area contributed by atoms with Crippen molar-refractivity contribution in [3.8, 4) is 11.1 Å². The Hall–Kier alpha value is -3.34. The first-order valence-corrected chi connectivity index (χ1v) is 8.97. The first kappa shape index (κ1) is 17.1. The molecule has 0 saturated carbocycles. The summed E-state index contributed by atoms with van der Waals surface area (Å²) in [6.45, 7) is 4.74. The minimum absolute atomic E-state index is 0.132. The van der Waals surface area contributed by atoms with Gasteiger partial charge in [-0.05, 0) is 52.9 Å². The van der Waals surface area contributed by atoms with Crippen molar-refractivity contribution in [1.29, 1.82) is 0 Å². The van der Waals surface area contributed by atoms with Gasteiger partial charge < -0.3 is 0 Å². The van der Waals surface area contributed by atoms with E-state index in [0.29, 0.717) is 18.1 Å². The van der Waals surface area contributed by atoms with Gasteiger partial charge in [0.05, 0.1) is 18.3 Å². The summed E-state index contributed by atoms with van der Waals surface area (Å²) in [6, 6.07) is 16.1. The van der Waals surface area contributed by atoms with Crippen LogP contribution in [0, 0.1) is 0 Å². The molecule has 3 heterocycles. The molecule has 0 spiro atoms. The summed E-state index contributed by atoms with van der Waals surface area (Å²) in [4.78, 5) is 25.2. The largest absolute Gasteiger partial charge is 0.300 e. The molecule has 0 bridgehead atoms. The maximum absolute atomic E-state index is 12.4. The average Bonchev–Trinajstić information content (AvgIpc) is 2.70. The smallest absolute Gasteiger partial charge is 0.269 e. The van der Waals surface area contributed by atoms with Crippen LogP contribution in [-0.4, -0.2) is 19.5 Å². The van der Waals surface area contributed by atoms with Crippen molar-refractivity contribution in [3.05, 3.63) is 88.7 Å². The lowest BCUT2D eigenvalue weighted by Gasteiger charge is -2.11. The number of benzene rings is 1. The first-order valence-electron chi connectivity index (χ1n) is 8.97. The summed E-state index contributed by atoms with van der Waals surface area (Å²) in [7, 11) is 0. The molecule has 0 radical (unpaired) electrons. The average molecular weight is 356 g/mol. The number of aromatic nitrogens is 4. The normalized spacial score (nSPS) is 11.2. The summed E-state index contributed by atoms with van der Waals surface area (Å²) in [5.74, 6) is 0.377. The van der Waals surface area contributed by atoms with Gasteiger partial charge in [0.2, 0.25) is 0 Å². The molecule has 0 unspecified atom stereocenters. The van der Waals surface area contributed by atoms with Crippen LogP contribution in [0.4, 0.5) is 0 Å². The van der Waals surface area contributed by atoms with Gasteiger partial charge in [0.25, 0.3) is 5.56 Å². The number of hydrogen-bond acceptors (Lipinski definition) is 4. The second-order valence-electron chi connectivity index (χ2n) is 6.85. The van der Waals surface area contributed by atoms with Gasteiger partial charge in [-0.25, -0.2) is 9.97 Å². The molecule has 0 fully saturated rings. The Kier molecular flexibility index (Phi) is 4.50. The van der Waals surface area contributed by atoms with Crippen molar-refractivity contribution in [2.75, 3.05) is 0 Å². The zero-order valence-electron chi connectivity index (χ0n) is 15.3. The van der Waals surface area contributed by atoms with Crippen LogP contribution in [0.3, 0.4) is 0 Å². The van der Waals surface area contributed by atoms with Crippen LogP contribution in [0.1, 0.15) is 31.0 Å². The van der Waals surface area contributed by atoms with Gasteiger partial charge in [-0.1, -0.05) is 32.0 Å². The van der Waals surface area contributed by atoms with Gasteiger partial charge in [0.1, 0.15) is 0 Å². The van der Waals surface area contributed by atoms with E-state index in [4.69, 9.17) is 0 Å². The Labute approximate surface area is 157 Å². The zero-order valence-corrected chi connectivity index (χ0v) is 15.3. The Morgan fingerprint density at radius 2 is 1.78 bits per heavy atom. The van der Waals surface area contributed by atoms with Crippen LogP contribution in [0.25, 0.3) is 22.3 Å². The predicted octanol–water partition coefficient (Wildman–Crippen LogP) is 4.03. The van der Waals surface area contributed by atoms with Crippen molar-refractivity contribution < 1.29 is 0 Å². The predicted molar refractivity (Wildman–Crippen MR) is 107 cm³/mol. The molecule has 134 valence electrons. The summed E-state index contributed by atoms with van der Waals surface area (Å²) >= 11 is 0. The molecule has 0 aliphatic carbocycles. The Morgan fingerprint density at radius 3 is 2.63 bits per heavy atom. The van der Waals surface area contributed by atoms with E-state index in [1.165, 1.54) is 6.20 Å². The number of hydrogen-bond donors (Lipinski definition) is 0. The van der Waals surface area contributed by atoms with Gasteiger partial charge in [0, 0.05) is 18.1 Å². The highest BCUT2D eigenvalue weighted by Gasteiger charge is 2.08. The first-order chi connectivity index (χ1) is 13.1. The van der Waals surface area contributed by atoms with Crippen LogP contribution in [0.15, 0.2) is 71.9 Å². The van der Waals surface area contributed by atoms with Crippen LogP contribution in [-0.2, 0) is 6.54 Å². The fourth-order valence-corrected chi connectivity index (χ4v) is 3.14. The van der Waals surface area contributed by atoms with Gasteiger partial charge in [-0.2, -0.15) is 0 Å². The monoisotopic (exact) mass is 356 g/mol. The van der Waals surface area contributed by atoms with Crippen molar-refractivity contribution in [2.24, 2.45) is 0 Å². The lowest BCUT2D eigenvalue weighted by Crippen LogP contribution is -2.21. The van der Waals surface area contributed by atoms with E-state index >= 15 is 0 Å². The molecule has 4 rings (SSSR count). The molecule has 1 aromatic carbocycles. The third kappa shape index (κ3) is 3.49. The second kappa shape index (κ2) is 7.11. The van der Waals surface area contributed by atoms with E-state index in [1.807, 2.05) is 36.5 Å². The van der Waals surface area contributed by atoms with E-state index in [2.05, 4.69) is 47.0 Å². The SMILES string of the molecule is CC(C)c1cc(-c2cccc(Cn3c(=O)cnc4ncccc43)c2)ccn1. The van der Waals surface area contributed by atoms with E-state index < -0.39 is 0 Å². The quantitative estimate of drug-likeness (QED) is 0.554. The number of pyridine rings is 2. The van der Waals surface area contributed by atoms with Crippen LogP contribution in [0.2, 0.25) is 0 Å². The topological polar surface area (TPSA) is 60.7 Å². The maximum Gasteiger partial charge on any atom is 0.269 e. The summed E-state index contributed by atoms with van der Waals surface area (Å²) < 4.78 is 1.71. The molecule has 3 aromatic heterocycles. The lowest BCUT2D eigenvalue weighted by atomic mass is 10.0. The Bertz CT molecular complexity index is 1160. The third-order valence-electron chi connectivity index (χ3n) is 4.59. The molecule has 4 aromatic rings. The molecule has 0 aliphatic rings. The summed E-state index contributed by atoms with van der Waals surface area (Å²) in [6.07, 6.45) is 4.86. The number of rotatable bonds is 4. The highest BCUT2D eigenvalue weighted by Crippen LogP contribution is 2.23. The fourth-order valence-electron chi connectivity index (χ4n) is 3.14. The highest BCUT2D eigenvalue weighted by molar-refractivity contribution is 5.69. The van der Waals surface area contributed by atoms with Crippen molar-refractivity contribution in [3.63, 3.8) is 0 Å². The number of nitrogens with zero attached hydrogens (tertiary/aromatic N) is 4. The van der Waals surface area contributed by atoms with Gasteiger partial charge in [0.15, 0.2) is 5.65 Å².